The molecule has 30 heavy (non-hydrogen) atoms. The molecular weight excluding hydrogens is 452 g/mol. The van der Waals surface area contributed by atoms with Crippen molar-refractivity contribution < 1.29 is 9.59 Å². The van der Waals surface area contributed by atoms with Gasteiger partial charge in [-0.3, -0.25) is 19.0 Å². The molecule has 9 nitrogen and oxygen atoms in total. The third kappa shape index (κ3) is 3.62. The number of likely N-dealkylation sites (tertiary alicyclic amines) is 1. The minimum atomic E-state index is -0.417. The summed E-state index contributed by atoms with van der Waals surface area (Å²) in [6, 6.07) is 5.34. The fraction of sp³-hybridized carbons (Fsp3) is 0.350. The van der Waals surface area contributed by atoms with E-state index in [9.17, 15) is 14.4 Å². The minimum absolute atomic E-state index is 0.0829. The first-order chi connectivity index (χ1) is 14.4. The molecule has 4 rings (SSSR count). The third-order valence-corrected chi connectivity index (χ3v) is 5.79. The summed E-state index contributed by atoms with van der Waals surface area (Å²) in [6.45, 7) is 3.07. The second-order valence-corrected chi connectivity index (χ2v) is 8.09. The Labute approximate surface area is 180 Å². The van der Waals surface area contributed by atoms with Crippen molar-refractivity contribution in [2.45, 2.75) is 26.3 Å². The highest BCUT2D eigenvalue weighted by molar-refractivity contribution is 9.10. The van der Waals surface area contributed by atoms with Crippen LogP contribution in [0.3, 0.4) is 0 Å². The quantitative estimate of drug-likeness (QED) is 0.625. The Bertz CT molecular complexity index is 1210. The lowest BCUT2D eigenvalue weighted by molar-refractivity contribution is -0.116. The van der Waals surface area contributed by atoms with Gasteiger partial charge in [-0.2, -0.15) is 5.10 Å². The number of aromatic nitrogens is 4. The molecule has 1 fully saturated rings. The first kappa shape index (κ1) is 20.3. The smallest absolute Gasteiger partial charge is 0.266 e. The fourth-order valence-corrected chi connectivity index (χ4v) is 4.31. The number of benzene rings is 1. The van der Waals surface area contributed by atoms with Crippen molar-refractivity contribution in [3.63, 3.8) is 0 Å². The molecule has 3 heterocycles. The molecule has 156 valence electrons. The van der Waals surface area contributed by atoms with E-state index in [-0.39, 0.29) is 18.0 Å². The number of carbonyl (C=O) groups is 2. The van der Waals surface area contributed by atoms with Crippen molar-refractivity contribution in [2.75, 3.05) is 18.4 Å². The predicted molar refractivity (Wildman–Crippen MR) is 115 cm³/mol. The second kappa shape index (κ2) is 8.02. The minimum Gasteiger partial charge on any atom is -0.339 e. The Morgan fingerprint density at radius 3 is 2.70 bits per heavy atom. The summed E-state index contributed by atoms with van der Waals surface area (Å²) in [4.78, 5) is 44.5. The Kier molecular flexibility index (Phi) is 5.42. The van der Waals surface area contributed by atoms with Gasteiger partial charge in [0, 0.05) is 20.1 Å². The number of nitrogens with one attached hydrogen (secondary N) is 1. The summed E-state index contributed by atoms with van der Waals surface area (Å²) in [7, 11) is 1.69. The highest BCUT2D eigenvalue weighted by atomic mass is 79.9. The standard InChI is InChI=1S/C20H21BrN6O3/c1-12-6-5-7-13(15(12)19(29)26-8-3-4-9-26)23-14(28)10-27-11-22-18-16(20(27)30)17(21)24-25(18)2/h5-7,11H,3-4,8-10H2,1-2H3,(H,23,28). The summed E-state index contributed by atoms with van der Waals surface area (Å²) < 4.78 is 3.10. The average molecular weight is 473 g/mol. The van der Waals surface area contributed by atoms with Crippen LogP contribution in [0.25, 0.3) is 11.0 Å². The Hall–Kier alpha value is -3.01. The van der Waals surface area contributed by atoms with Gasteiger partial charge in [0.05, 0.1) is 11.3 Å². The summed E-state index contributed by atoms with van der Waals surface area (Å²) in [5.74, 6) is -0.500. The maximum absolute atomic E-state index is 13.0. The zero-order chi connectivity index (χ0) is 21.4. The van der Waals surface area contributed by atoms with Gasteiger partial charge in [-0.25, -0.2) is 9.67 Å². The van der Waals surface area contributed by atoms with Gasteiger partial charge in [-0.1, -0.05) is 12.1 Å². The van der Waals surface area contributed by atoms with Crippen LogP contribution in [-0.2, 0) is 18.4 Å². The molecule has 1 aliphatic heterocycles. The molecule has 0 radical (unpaired) electrons. The Balaban J connectivity index is 1.59. The predicted octanol–water partition coefficient (Wildman–Crippen LogP) is 2.08. The number of rotatable bonds is 4. The van der Waals surface area contributed by atoms with E-state index in [1.165, 1.54) is 15.6 Å². The number of fused-ring (bicyclic) bond motifs is 1. The van der Waals surface area contributed by atoms with Crippen LogP contribution in [0.15, 0.2) is 33.9 Å². The monoisotopic (exact) mass is 472 g/mol. The van der Waals surface area contributed by atoms with Crippen molar-refractivity contribution in [1.82, 2.24) is 24.2 Å². The molecule has 1 aliphatic rings. The molecule has 2 aromatic heterocycles. The molecule has 1 saturated heterocycles. The normalized spacial score (nSPS) is 13.8. The molecule has 0 saturated carbocycles. The number of anilines is 1. The largest absolute Gasteiger partial charge is 0.339 e. The van der Waals surface area contributed by atoms with Gasteiger partial charge in [-0.05, 0) is 47.3 Å². The molecule has 0 atom stereocenters. The molecule has 10 heteroatoms. The van der Waals surface area contributed by atoms with E-state index < -0.39 is 5.91 Å². The van der Waals surface area contributed by atoms with Gasteiger partial charge < -0.3 is 10.2 Å². The molecule has 3 aromatic rings. The van der Waals surface area contributed by atoms with E-state index in [2.05, 4.69) is 31.3 Å². The van der Waals surface area contributed by atoms with Crippen molar-refractivity contribution in [2.24, 2.45) is 7.05 Å². The number of amides is 2. The van der Waals surface area contributed by atoms with E-state index in [0.717, 1.165) is 31.5 Å². The van der Waals surface area contributed by atoms with Crippen LogP contribution in [0.4, 0.5) is 5.69 Å². The second-order valence-electron chi connectivity index (χ2n) is 7.34. The summed E-state index contributed by atoms with van der Waals surface area (Å²) in [5, 5.41) is 7.24. The summed E-state index contributed by atoms with van der Waals surface area (Å²) >= 11 is 3.26. The lowest BCUT2D eigenvalue weighted by Crippen LogP contribution is -2.31. The SMILES string of the molecule is Cc1cccc(NC(=O)Cn2cnc3c(c(Br)nn3C)c2=O)c1C(=O)N1CCCC1. The average Bonchev–Trinajstić information content (AvgIpc) is 3.32. The van der Waals surface area contributed by atoms with Crippen LogP contribution < -0.4 is 10.9 Å². The highest BCUT2D eigenvalue weighted by Crippen LogP contribution is 2.24. The molecule has 1 aromatic carbocycles. The number of hydrogen-bond donors (Lipinski definition) is 1. The highest BCUT2D eigenvalue weighted by Gasteiger charge is 2.24. The first-order valence-corrected chi connectivity index (χ1v) is 10.4. The van der Waals surface area contributed by atoms with Crippen molar-refractivity contribution in [3.8, 4) is 0 Å². The summed E-state index contributed by atoms with van der Waals surface area (Å²) in [5.41, 5.74) is 1.79. The van der Waals surface area contributed by atoms with Gasteiger partial charge in [-0.15, -0.1) is 0 Å². The zero-order valence-corrected chi connectivity index (χ0v) is 18.3. The molecule has 0 bridgehead atoms. The van der Waals surface area contributed by atoms with E-state index in [1.807, 2.05) is 13.0 Å². The van der Waals surface area contributed by atoms with E-state index in [4.69, 9.17) is 0 Å². The van der Waals surface area contributed by atoms with E-state index in [1.54, 1.807) is 24.1 Å². The lowest BCUT2D eigenvalue weighted by Gasteiger charge is -2.19. The maximum Gasteiger partial charge on any atom is 0.266 e. The number of halogens is 1. The number of hydrogen-bond acceptors (Lipinski definition) is 5. The number of aryl methyl sites for hydroxylation is 2. The fourth-order valence-electron chi connectivity index (χ4n) is 3.73. The first-order valence-electron chi connectivity index (χ1n) is 9.63. The number of nitrogens with zero attached hydrogens (tertiary/aromatic N) is 5. The van der Waals surface area contributed by atoms with Crippen LogP contribution >= 0.6 is 15.9 Å². The van der Waals surface area contributed by atoms with Gasteiger partial charge in [0.2, 0.25) is 5.91 Å². The van der Waals surface area contributed by atoms with Crippen LogP contribution in [0.2, 0.25) is 0 Å². The molecule has 2 amide bonds. The maximum atomic E-state index is 13.0. The number of carbonyl (C=O) groups excluding carboxylic acids is 2. The van der Waals surface area contributed by atoms with Gasteiger partial charge in [0.1, 0.15) is 22.9 Å². The van der Waals surface area contributed by atoms with Crippen LogP contribution in [0.1, 0.15) is 28.8 Å². The molecule has 0 unspecified atom stereocenters. The van der Waals surface area contributed by atoms with E-state index >= 15 is 0 Å². The van der Waals surface area contributed by atoms with Crippen molar-refractivity contribution in [3.05, 3.63) is 50.6 Å². The Morgan fingerprint density at radius 1 is 1.23 bits per heavy atom. The molecule has 1 N–H and O–H groups in total. The molecule has 0 spiro atoms. The van der Waals surface area contributed by atoms with Crippen molar-refractivity contribution in [1.29, 1.82) is 0 Å². The molecule has 0 aliphatic carbocycles. The topological polar surface area (TPSA) is 102 Å². The third-order valence-electron chi connectivity index (χ3n) is 5.24. The van der Waals surface area contributed by atoms with Crippen LogP contribution in [0.5, 0.6) is 0 Å². The zero-order valence-electron chi connectivity index (χ0n) is 16.7. The Morgan fingerprint density at radius 2 is 1.97 bits per heavy atom. The van der Waals surface area contributed by atoms with E-state index in [0.29, 0.717) is 26.9 Å². The van der Waals surface area contributed by atoms with Gasteiger partial charge >= 0.3 is 0 Å². The summed E-state index contributed by atoms with van der Waals surface area (Å²) in [6.07, 6.45) is 3.30. The lowest BCUT2D eigenvalue weighted by atomic mass is 10.0. The van der Waals surface area contributed by atoms with Gasteiger partial charge in [0.25, 0.3) is 11.5 Å². The molecular formula is C20H21BrN6O3. The van der Waals surface area contributed by atoms with Crippen molar-refractivity contribution >= 4 is 44.5 Å². The van der Waals surface area contributed by atoms with Crippen LogP contribution in [-0.4, -0.2) is 49.1 Å². The van der Waals surface area contributed by atoms with Crippen LogP contribution in [0, 0.1) is 6.92 Å². The van der Waals surface area contributed by atoms with Gasteiger partial charge in [0.15, 0.2) is 5.65 Å².